The molecule has 0 heterocycles. The Morgan fingerprint density at radius 2 is 1.78 bits per heavy atom. The summed E-state index contributed by atoms with van der Waals surface area (Å²) in [6.07, 6.45) is 5.92. The van der Waals surface area contributed by atoms with Crippen LogP contribution < -0.4 is 5.73 Å². The molecular formula is C12H25NO4S. The molecule has 0 amide bonds. The summed E-state index contributed by atoms with van der Waals surface area (Å²) in [5.41, 5.74) is 5.26. The number of carboxylic acid groups (broad SMARTS) is 1. The number of nitrogens with two attached hydrogens (primary N) is 1. The van der Waals surface area contributed by atoms with E-state index in [9.17, 15) is 13.2 Å². The highest BCUT2D eigenvalue weighted by molar-refractivity contribution is 7.92. The highest BCUT2D eigenvalue weighted by atomic mass is 32.2. The van der Waals surface area contributed by atoms with Crippen molar-refractivity contribution in [1.29, 1.82) is 0 Å². The molecule has 108 valence electrons. The lowest BCUT2D eigenvalue weighted by molar-refractivity contribution is -0.137. The number of hydrogen-bond acceptors (Lipinski definition) is 4. The lowest BCUT2D eigenvalue weighted by Gasteiger charge is -2.14. The first-order valence-corrected chi connectivity index (χ1v) is 8.22. The van der Waals surface area contributed by atoms with E-state index in [0.29, 0.717) is 6.42 Å². The van der Waals surface area contributed by atoms with Crippen molar-refractivity contribution in [1.82, 2.24) is 0 Å². The van der Waals surface area contributed by atoms with Gasteiger partial charge in [-0.1, -0.05) is 39.0 Å². The van der Waals surface area contributed by atoms with Crippen molar-refractivity contribution in [3.63, 3.8) is 0 Å². The summed E-state index contributed by atoms with van der Waals surface area (Å²) in [6.45, 7) is 3.75. The van der Waals surface area contributed by atoms with Gasteiger partial charge in [0.15, 0.2) is 9.84 Å². The van der Waals surface area contributed by atoms with Gasteiger partial charge in [0.2, 0.25) is 0 Å². The molecule has 0 aromatic carbocycles. The van der Waals surface area contributed by atoms with Gasteiger partial charge in [-0.25, -0.2) is 8.42 Å². The molecule has 1 unspecified atom stereocenters. The van der Waals surface area contributed by atoms with E-state index in [4.69, 9.17) is 10.8 Å². The van der Waals surface area contributed by atoms with Gasteiger partial charge in [0.05, 0.1) is 11.0 Å². The van der Waals surface area contributed by atoms with Crippen LogP contribution in [0.25, 0.3) is 0 Å². The van der Waals surface area contributed by atoms with Gasteiger partial charge >= 0.3 is 5.97 Å². The van der Waals surface area contributed by atoms with Crippen molar-refractivity contribution in [2.45, 2.75) is 63.7 Å². The van der Waals surface area contributed by atoms with Crippen LogP contribution in [-0.2, 0) is 14.6 Å². The maximum atomic E-state index is 11.8. The molecule has 0 aromatic rings. The van der Waals surface area contributed by atoms with Gasteiger partial charge in [-0.05, 0) is 13.3 Å². The fourth-order valence-electron chi connectivity index (χ4n) is 1.70. The van der Waals surface area contributed by atoms with Crippen molar-refractivity contribution in [3.8, 4) is 0 Å². The molecule has 0 aliphatic heterocycles. The average molecular weight is 279 g/mol. The quantitative estimate of drug-likeness (QED) is 0.591. The van der Waals surface area contributed by atoms with Crippen molar-refractivity contribution in [3.05, 3.63) is 0 Å². The Kier molecular flexibility index (Phi) is 8.18. The van der Waals surface area contributed by atoms with Gasteiger partial charge in [0.25, 0.3) is 0 Å². The first-order valence-electron chi connectivity index (χ1n) is 6.51. The number of aliphatic carboxylic acids is 1. The summed E-state index contributed by atoms with van der Waals surface area (Å²) >= 11 is 0. The van der Waals surface area contributed by atoms with Gasteiger partial charge in [-0.2, -0.15) is 0 Å². The van der Waals surface area contributed by atoms with Crippen LogP contribution >= 0.6 is 0 Å². The Morgan fingerprint density at radius 3 is 2.28 bits per heavy atom. The number of unbranched alkanes of at least 4 members (excludes halogenated alkanes) is 4. The second kappa shape index (κ2) is 8.48. The van der Waals surface area contributed by atoms with Crippen molar-refractivity contribution < 1.29 is 18.3 Å². The molecule has 5 nitrogen and oxygen atoms in total. The Morgan fingerprint density at radius 1 is 1.22 bits per heavy atom. The summed E-state index contributed by atoms with van der Waals surface area (Å²) < 4.78 is 23.6. The average Bonchev–Trinajstić information content (AvgIpc) is 2.27. The Labute approximate surface area is 110 Å². The minimum absolute atomic E-state index is 0.474. The number of rotatable bonds is 10. The molecule has 0 rings (SSSR count). The van der Waals surface area contributed by atoms with Crippen molar-refractivity contribution in [2.24, 2.45) is 5.73 Å². The Balaban J connectivity index is 4.07. The minimum Gasteiger partial charge on any atom is -0.480 e. The fourth-order valence-corrected chi connectivity index (χ4v) is 3.20. The Bertz CT molecular complexity index is 340. The molecule has 0 aliphatic carbocycles. The standard InChI is InChI=1S/C12H25NO4S/c1-3-4-5-6-7-8-10(2)18(16,17)9-11(13)12(14)15/h10-11H,3-9,13H2,1-2H3,(H,14,15)/t10?,11-/m0/s1. The van der Waals surface area contributed by atoms with Gasteiger partial charge in [-0.3, -0.25) is 4.79 Å². The van der Waals surface area contributed by atoms with E-state index in [1.54, 1.807) is 6.92 Å². The third-order valence-corrected chi connectivity index (χ3v) is 5.34. The maximum absolute atomic E-state index is 11.8. The van der Waals surface area contributed by atoms with E-state index in [-0.39, 0.29) is 0 Å². The molecule has 0 radical (unpaired) electrons. The van der Waals surface area contributed by atoms with Crippen LogP contribution in [0.5, 0.6) is 0 Å². The fraction of sp³-hybridized carbons (Fsp3) is 0.917. The monoisotopic (exact) mass is 279 g/mol. The van der Waals surface area contributed by atoms with Gasteiger partial charge in [0.1, 0.15) is 6.04 Å². The van der Waals surface area contributed by atoms with E-state index in [1.807, 2.05) is 0 Å². The molecule has 0 spiro atoms. The van der Waals surface area contributed by atoms with Crippen LogP contribution in [0.1, 0.15) is 52.4 Å². The third kappa shape index (κ3) is 6.96. The van der Waals surface area contributed by atoms with E-state index < -0.39 is 32.9 Å². The van der Waals surface area contributed by atoms with E-state index in [1.165, 1.54) is 6.42 Å². The first-order chi connectivity index (χ1) is 8.31. The van der Waals surface area contributed by atoms with Gasteiger partial charge in [0, 0.05) is 0 Å². The molecule has 2 atom stereocenters. The van der Waals surface area contributed by atoms with E-state index in [2.05, 4.69) is 6.92 Å². The molecule has 6 heteroatoms. The highest BCUT2D eigenvalue weighted by Crippen LogP contribution is 2.13. The Hall–Kier alpha value is -0.620. The van der Waals surface area contributed by atoms with Crippen LogP contribution in [0.4, 0.5) is 0 Å². The highest BCUT2D eigenvalue weighted by Gasteiger charge is 2.26. The zero-order chi connectivity index (χ0) is 14.2. The molecule has 0 aromatic heterocycles. The van der Waals surface area contributed by atoms with Crippen LogP contribution in [0, 0.1) is 0 Å². The number of hydrogen-bond donors (Lipinski definition) is 2. The summed E-state index contributed by atoms with van der Waals surface area (Å²) in [5.74, 6) is -1.74. The van der Waals surface area contributed by atoms with E-state index in [0.717, 1.165) is 25.7 Å². The molecule has 0 aliphatic rings. The summed E-state index contributed by atoms with van der Waals surface area (Å²) in [4.78, 5) is 10.5. The molecule has 0 fully saturated rings. The molecular weight excluding hydrogens is 254 g/mol. The van der Waals surface area contributed by atoms with Gasteiger partial charge < -0.3 is 10.8 Å². The number of sulfone groups is 1. The summed E-state index contributed by atoms with van der Waals surface area (Å²) in [5, 5.41) is 8.10. The SMILES string of the molecule is CCCCCCCC(C)S(=O)(=O)C[C@H](N)C(=O)O. The molecule has 3 N–H and O–H groups in total. The second-order valence-electron chi connectivity index (χ2n) is 4.79. The zero-order valence-corrected chi connectivity index (χ0v) is 12.1. The molecule has 0 saturated carbocycles. The summed E-state index contributed by atoms with van der Waals surface area (Å²) in [7, 11) is -3.40. The molecule has 18 heavy (non-hydrogen) atoms. The predicted molar refractivity (Wildman–Crippen MR) is 72.2 cm³/mol. The summed E-state index contributed by atoms with van der Waals surface area (Å²) in [6, 6.07) is -1.32. The number of carbonyl (C=O) groups is 1. The number of carboxylic acids is 1. The topological polar surface area (TPSA) is 97.5 Å². The van der Waals surface area contributed by atoms with Crippen molar-refractivity contribution in [2.75, 3.05) is 5.75 Å². The van der Waals surface area contributed by atoms with Crippen LogP contribution in [0.2, 0.25) is 0 Å². The lowest BCUT2D eigenvalue weighted by atomic mass is 10.1. The van der Waals surface area contributed by atoms with Crippen molar-refractivity contribution >= 4 is 15.8 Å². The molecule has 0 bridgehead atoms. The minimum atomic E-state index is -3.40. The molecule has 0 saturated heterocycles. The third-order valence-electron chi connectivity index (χ3n) is 3.06. The maximum Gasteiger partial charge on any atom is 0.321 e. The smallest absolute Gasteiger partial charge is 0.321 e. The first kappa shape index (κ1) is 17.4. The normalized spacial score (nSPS) is 15.3. The van der Waals surface area contributed by atoms with Gasteiger partial charge in [-0.15, -0.1) is 0 Å². The predicted octanol–water partition coefficient (Wildman–Crippen LogP) is 1.56. The zero-order valence-electron chi connectivity index (χ0n) is 11.3. The van der Waals surface area contributed by atoms with Crippen LogP contribution in [-0.4, -0.2) is 36.5 Å². The van der Waals surface area contributed by atoms with E-state index >= 15 is 0 Å². The van der Waals surface area contributed by atoms with Crippen LogP contribution in [0.3, 0.4) is 0 Å². The largest absolute Gasteiger partial charge is 0.480 e. The second-order valence-corrected chi connectivity index (χ2v) is 7.25. The van der Waals surface area contributed by atoms with Crippen LogP contribution in [0.15, 0.2) is 0 Å². The lowest BCUT2D eigenvalue weighted by Crippen LogP contribution is -2.39.